The lowest BCUT2D eigenvalue weighted by Gasteiger charge is -2.26. The molecule has 1 amide bonds. The molecule has 0 radical (unpaired) electrons. The molecule has 6 nitrogen and oxygen atoms in total. The summed E-state index contributed by atoms with van der Waals surface area (Å²) in [7, 11) is 0. The highest BCUT2D eigenvalue weighted by molar-refractivity contribution is 6.33. The lowest BCUT2D eigenvalue weighted by molar-refractivity contribution is 0.0789. The van der Waals surface area contributed by atoms with E-state index in [0.717, 1.165) is 0 Å². The molecule has 0 fully saturated rings. The molecule has 144 valence electrons. The van der Waals surface area contributed by atoms with Crippen LogP contribution < -0.4 is 14.8 Å². The summed E-state index contributed by atoms with van der Waals surface area (Å²) in [6.45, 7) is 2.28. The molecule has 0 bridgehead atoms. The number of benzene rings is 2. The fourth-order valence-corrected chi connectivity index (χ4v) is 3.33. The van der Waals surface area contributed by atoms with Gasteiger partial charge in [0.25, 0.3) is 5.91 Å². The first-order valence-electron chi connectivity index (χ1n) is 8.70. The number of amides is 1. The summed E-state index contributed by atoms with van der Waals surface area (Å²) in [5, 5.41) is 7.27. The highest BCUT2D eigenvalue weighted by Crippen LogP contribution is 2.30. The Hall–Kier alpha value is -3.06. The van der Waals surface area contributed by atoms with E-state index in [4.69, 9.17) is 21.1 Å². The minimum absolute atomic E-state index is 0.160. The van der Waals surface area contributed by atoms with Crippen molar-refractivity contribution in [3.63, 3.8) is 0 Å². The quantitative estimate of drug-likeness (QED) is 0.726. The maximum absolute atomic E-state index is 13.1. The van der Waals surface area contributed by atoms with Crippen molar-refractivity contribution in [3.8, 4) is 17.2 Å². The third-order valence-corrected chi connectivity index (χ3v) is 4.71. The number of aryl methyl sites for hydroxylation is 1. The van der Waals surface area contributed by atoms with E-state index in [0.29, 0.717) is 29.5 Å². The van der Waals surface area contributed by atoms with Gasteiger partial charge in [-0.3, -0.25) is 4.79 Å². The van der Waals surface area contributed by atoms with Crippen molar-refractivity contribution in [2.45, 2.75) is 13.0 Å². The number of hydrogen-bond donors (Lipinski definition) is 1. The van der Waals surface area contributed by atoms with Crippen molar-refractivity contribution in [1.29, 1.82) is 0 Å². The third-order valence-electron chi connectivity index (χ3n) is 4.36. The van der Waals surface area contributed by atoms with E-state index in [1.165, 1.54) is 16.8 Å². The Morgan fingerprint density at radius 1 is 1.25 bits per heavy atom. The van der Waals surface area contributed by atoms with E-state index < -0.39 is 0 Å². The summed E-state index contributed by atoms with van der Waals surface area (Å²) in [4.78, 5) is 12.7. The normalized spacial score (nSPS) is 15.3. The second-order valence-corrected chi connectivity index (χ2v) is 6.71. The number of nitrogens with zero attached hydrogens (tertiary/aromatic N) is 2. The fraction of sp³-hybridized carbons (Fsp3) is 0.200. The van der Waals surface area contributed by atoms with Crippen molar-refractivity contribution in [1.82, 2.24) is 15.1 Å². The van der Waals surface area contributed by atoms with Gasteiger partial charge in [-0.15, -0.1) is 0 Å². The molecule has 0 saturated heterocycles. The van der Waals surface area contributed by atoms with Gasteiger partial charge in [0.1, 0.15) is 23.7 Å². The molecule has 1 aromatic heterocycles. The molecule has 0 spiro atoms. The number of para-hydroxylation sites is 2. The molecule has 4 rings (SSSR count). The van der Waals surface area contributed by atoms with Crippen LogP contribution in [0.5, 0.6) is 11.5 Å². The van der Waals surface area contributed by atoms with Gasteiger partial charge in [-0.05, 0) is 43.3 Å². The summed E-state index contributed by atoms with van der Waals surface area (Å²) in [5.41, 5.74) is 1.30. The number of aromatic nitrogens is 2. The predicted molar refractivity (Wildman–Crippen MR) is 102 cm³/mol. The monoisotopic (exact) mass is 401 g/mol. The van der Waals surface area contributed by atoms with E-state index in [-0.39, 0.29) is 35.1 Å². The first-order valence-corrected chi connectivity index (χ1v) is 9.08. The first-order chi connectivity index (χ1) is 13.5. The van der Waals surface area contributed by atoms with E-state index in [2.05, 4.69) is 10.4 Å². The lowest BCUT2D eigenvalue weighted by atomic mass is 10.2. The number of ether oxygens (including phenoxy) is 2. The molecule has 3 aromatic rings. The number of fused-ring (bicyclic) bond motifs is 1. The smallest absolute Gasteiger partial charge is 0.256 e. The predicted octanol–water partition coefficient (Wildman–Crippen LogP) is 3.54. The van der Waals surface area contributed by atoms with Crippen molar-refractivity contribution >= 4 is 17.5 Å². The van der Waals surface area contributed by atoms with Gasteiger partial charge in [0.15, 0.2) is 11.5 Å². The molecular formula is C20H17ClFN3O3. The summed E-state index contributed by atoms with van der Waals surface area (Å²) in [6, 6.07) is 13.1. The van der Waals surface area contributed by atoms with Crippen molar-refractivity contribution in [2.75, 3.05) is 13.2 Å². The number of halogens is 2. The van der Waals surface area contributed by atoms with Gasteiger partial charge < -0.3 is 14.8 Å². The van der Waals surface area contributed by atoms with E-state index in [1.54, 1.807) is 19.1 Å². The van der Waals surface area contributed by atoms with Gasteiger partial charge in [0.2, 0.25) is 0 Å². The van der Waals surface area contributed by atoms with Gasteiger partial charge in [-0.2, -0.15) is 5.10 Å². The topological polar surface area (TPSA) is 65.4 Å². The zero-order valence-electron chi connectivity index (χ0n) is 15.0. The zero-order valence-corrected chi connectivity index (χ0v) is 15.7. The minimum atomic E-state index is -0.363. The van der Waals surface area contributed by atoms with Gasteiger partial charge in [-0.1, -0.05) is 23.7 Å². The summed E-state index contributed by atoms with van der Waals surface area (Å²) in [5.74, 6) is 0.604. The molecule has 0 aliphatic carbocycles. The van der Waals surface area contributed by atoms with Crippen molar-refractivity contribution < 1.29 is 18.7 Å². The Morgan fingerprint density at radius 3 is 2.71 bits per heavy atom. The van der Waals surface area contributed by atoms with Gasteiger partial charge in [-0.25, -0.2) is 9.07 Å². The number of rotatable bonds is 4. The van der Waals surface area contributed by atoms with Crippen LogP contribution in [-0.4, -0.2) is 34.9 Å². The molecular weight excluding hydrogens is 385 g/mol. The SMILES string of the molecule is Cc1nn(-c2ccc(F)cc2)c(Cl)c1C(=O)NCC1COc2ccccc2O1. The molecule has 1 aliphatic rings. The molecule has 1 N–H and O–H groups in total. The maximum Gasteiger partial charge on any atom is 0.256 e. The second-order valence-electron chi connectivity index (χ2n) is 6.35. The van der Waals surface area contributed by atoms with Crippen LogP contribution in [0.2, 0.25) is 5.15 Å². The van der Waals surface area contributed by atoms with Crippen LogP contribution in [0.1, 0.15) is 16.1 Å². The molecule has 8 heteroatoms. The summed E-state index contributed by atoms with van der Waals surface area (Å²) in [6.07, 6.45) is -0.315. The Morgan fingerprint density at radius 2 is 1.96 bits per heavy atom. The lowest BCUT2D eigenvalue weighted by Crippen LogP contribution is -2.40. The molecule has 1 unspecified atom stereocenters. The number of nitrogens with one attached hydrogen (secondary N) is 1. The van der Waals surface area contributed by atoms with Crippen LogP contribution in [0.15, 0.2) is 48.5 Å². The van der Waals surface area contributed by atoms with Crippen LogP contribution in [-0.2, 0) is 0 Å². The Kier molecular flexibility index (Phi) is 4.92. The average Bonchev–Trinajstić information content (AvgIpc) is 3.00. The third kappa shape index (κ3) is 3.53. The van der Waals surface area contributed by atoms with Gasteiger partial charge in [0, 0.05) is 0 Å². The van der Waals surface area contributed by atoms with Crippen LogP contribution in [0.3, 0.4) is 0 Å². The molecule has 28 heavy (non-hydrogen) atoms. The highest BCUT2D eigenvalue weighted by atomic mass is 35.5. The van der Waals surface area contributed by atoms with E-state index in [1.807, 2.05) is 24.3 Å². The summed E-state index contributed by atoms with van der Waals surface area (Å²) >= 11 is 6.38. The zero-order chi connectivity index (χ0) is 19.7. The second kappa shape index (κ2) is 7.52. The minimum Gasteiger partial charge on any atom is -0.486 e. The molecule has 2 aromatic carbocycles. The largest absolute Gasteiger partial charge is 0.486 e. The van der Waals surface area contributed by atoms with Crippen LogP contribution in [0.4, 0.5) is 4.39 Å². The number of carbonyl (C=O) groups is 1. The molecule has 1 atom stereocenters. The molecule has 1 aliphatic heterocycles. The Labute approximate surface area is 165 Å². The number of carbonyl (C=O) groups excluding carboxylic acids is 1. The molecule has 2 heterocycles. The fourth-order valence-electron chi connectivity index (χ4n) is 2.97. The van der Waals surface area contributed by atoms with Gasteiger partial charge in [0.05, 0.1) is 23.5 Å². The number of hydrogen-bond acceptors (Lipinski definition) is 4. The Bertz CT molecular complexity index is 1020. The van der Waals surface area contributed by atoms with Gasteiger partial charge >= 0.3 is 0 Å². The van der Waals surface area contributed by atoms with Crippen molar-refractivity contribution in [2.24, 2.45) is 0 Å². The van der Waals surface area contributed by atoms with E-state index in [9.17, 15) is 9.18 Å². The average molecular weight is 402 g/mol. The van der Waals surface area contributed by atoms with Crippen molar-refractivity contribution in [3.05, 3.63) is 70.8 Å². The summed E-state index contributed by atoms with van der Waals surface area (Å²) < 4.78 is 26.0. The highest BCUT2D eigenvalue weighted by Gasteiger charge is 2.24. The van der Waals surface area contributed by atoms with Crippen LogP contribution >= 0.6 is 11.6 Å². The standard InChI is InChI=1S/C20H17ClFN3O3/c1-12-18(19(21)25(24-12)14-8-6-13(22)7-9-14)20(26)23-10-15-11-27-16-4-2-3-5-17(16)28-15/h2-9,15H,10-11H2,1H3,(H,23,26). The maximum atomic E-state index is 13.1. The molecule has 0 saturated carbocycles. The van der Waals surface area contributed by atoms with Crippen LogP contribution in [0, 0.1) is 12.7 Å². The van der Waals surface area contributed by atoms with E-state index >= 15 is 0 Å². The van der Waals surface area contributed by atoms with Crippen LogP contribution in [0.25, 0.3) is 5.69 Å². The Balaban J connectivity index is 1.46. The first kappa shape index (κ1) is 18.3.